The number of pyridine rings is 1. The Kier molecular flexibility index (Phi) is 6.45. The summed E-state index contributed by atoms with van der Waals surface area (Å²) >= 11 is 9.64. The first-order valence-corrected chi connectivity index (χ1v) is 10.7. The molecular formula is C21H18BrClF2N2O4. The van der Waals surface area contributed by atoms with Gasteiger partial charge in [-0.1, -0.05) is 11.6 Å². The summed E-state index contributed by atoms with van der Waals surface area (Å²) < 4.78 is 44.3. The molecule has 3 aromatic rings. The second kappa shape index (κ2) is 9.10. The standard InChI is InChI=1S/C21H18BrClF2N2O4/c1-2-29-18(28)10-30-16-8-14(13-7-12(23)4-5-15(13)31-21(24)25)20-19(16)26-17-6-3-11(22)9-27(17)20/h3-7,9,14,16,21H,2,8,10H2,1H3/t14-,16-/m1/s1. The van der Waals surface area contributed by atoms with E-state index >= 15 is 0 Å². The number of esters is 1. The van der Waals surface area contributed by atoms with Crippen molar-refractivity contribution in [2.24, 2.45) is 0 Å². The summed E-state index contributed by atoms with van der Waals surface area (Å²) in [5, 5.41) is 0.393. The van der Waals surface area contributed by atoms with Crippen LogP contribution in [-0.2, 0) is 14.3 Å². The van der Waals surface area contributed by atoms with Gasteiger partial charge in [0.2, 0.25) is 0 Å². The van der Waals surface area contributed by atoms with E-state index < -0.39 is 18.7 Å². The van der Waals surface area contributed by atoms with E-state index in [0.717, 1.165) is 10.2 Å². The molecule has 0 N–H and O–H groups in total. The number of halogens is 4. The molecule has 0 amide bonds. The van der Waals surface area contributed by atoms with Crippen molar-refractivity contribution < 1.29 is 27.8 Å². The van der Waals surface area contributed by atoms with Gasteiger partial charge in [-0.15, -0.1) is 0 Å². The molecule has 4 rings (SSSR count). The predicted molar refractivity (Wildman–Crippen MR) is 113 cm³/mol. The largest absolute Gasteiger partial charge is 0.464 e. The quantitative estimate of drug-likeness (QED) is 0.389. The molecule has 31 heavy (non-hydrogen) atoms. The van der Waals surface area contributed by atoms with Gasteiger partial charge in [-0.3, -0.25) is 0 Å². The molecule has 0 saturated heterocycles. The molecule has 0 saturated carbocycles. The van der Waals surface area contributed by atoms with Gasteiger partial charge in [0.15, 0.2) is 0 Å². The SMILES string of the molecule is CCOC(=O)CO[C@@H]1C[C@H](c2cc(Cl)ccc2OC(F)F)c2c1nc1ccc(Br)cn21. The molecule has 164 valence electrons. The minimum absolute atomic E-state index is 0.0336. The zero-order valence-electron chi connectivity index (χ0n) is 16.4. The van der Waals surface area contributed by atoms with Crippen LogP contribution in [0.4, 0.5) is 8.78 Å². The van der Waals surface area contributed by atoms with Crippen LogP contribution in [0.15, 0.2) is 41.0 Å². The second-order valence-electron chi connectivity index (χ2n) is 6.91. The Bertz CT molecular complexity index is 1120. The first-order chi connectivity index (χ1) is 14.9. The molecule has 0 bridgehead atoms. The molecule has 0 unspecified atom stereocenters. The maximum Gasteiger partial charge on any atom is 0.387 e. The van der Waals surface area contributed by atoms with E-state index in [2.05, 4.69) is 20.9 Å². The molecule has 10 heteroatoms. The Hall–Kier alpha value is -2.23. The fourth-order valence-corrected chi connectivity index (χ4v) is 4.38. The molecule has 0 fully saturated rings. The molecule has 0 spiro atoms. The number of rotatable bonds is 7. The molecule has 1 aromatic carbocycles. The highest BCUT2D eigenvalue weighted by molar-refractivity contribution is 9.10. The summed E-state index contributed by atoms with van der Waals surface area (Å²) in [6.07, 6.45) is 1.70. The van der Waals surface area contributed by atoms with Crippen molar-refractivity contribution in [3.63, 3.8) is 0 Å². The summed E-state index contributed by atoms with van der Waals surface area (Å²) in [6, 6.07) is 8.22. The molecule has 2 heterocycles. The molecular weight excluding hydrogens is 498 g/mol. The third kappa shape index (κ3) is 4.53. The highest BCUT2D eigenvalue weighted by Crippen LogP contribution is 2.48. The Morgan fingerprint density at radius 3 is 2.90 bits per heavy atom. The Balaban J connectivity index is 1.79. The first-order valence-electron chi connectivity index (χ1n) is 9.56. The lowest BCUT2D eigenvalue weighted by Crippen LogP contribution is -2.15. The maximum absolute atomic E-state index is 13.0. The molecule has 6 nitrogen and oxygen atoms in total. The van der Waals surface area contributed by atoms with E-state index in [9.17, 15) is 13.6 Å². The summed E-state index contributed by atoms with van der Waals surface area (Å²) in [5.74, 6) is -0.839. The number of hydrogen-bond donors (Lipinski definition) is 0. The van der Waals surface area contributed by atoms with Gasteiger partial charge in [0.05, 0.1) is 18.0 Å². The normalized spacial score (nSPS) is 17.9. The Morgan fingerprint density at radius 2 is 2.16 bits per heavy atom. The van der Waals surface area contributed by atoms with Crippen LogP contribution in [0.5, 0.6) is 5.75 Å². The zero-order valence-corrected chi connectivity index (χ0v) is 18.7. The third-order valence-corrected chi connectivity index (χ3v) is 5.71. The van der Waals surface area contributed by atoms with E-state index in [1.807, 2.05) is 22.7 Å². The van der Waals surface area contributed by atoms with Crippen LogP contribution in [0, 0.1) is 0 Å². The number of benzene rings is 1. The predicted octanol–water partition coefficient (Wildman–Crippen LogP) is 5.51. The van der Waals surface area contributed by atoms with Crippen molar-refractivity contribution in [3.05, 3.63) is 63.0 Å². The van der Waals surface area contributed by atoms with Crippen LogP contribution < -0.4 is 4.74 Å². The van der Waals surface area contributed by atoms with Crippen LogP contribution in [0.1, 0.15) is 42.3 Å². The summed E-state index contributed by atoms with van der Waals surface area (Å²) in [7, 11) is 0. The Labute approximate surface area is 190 Å². The first kappa shape index (κ1) is 22.0. The number of alkyl halides is 2. The number of carbonyl (C=O) groups excluding carboxylic acids is 1. The third-order valence-electron chi connectivity index (χ3n) is 5.00. The molecule has 1 aliphatic rings. The van der Waals surface area contributed by atoms with Crippen LogP contribution in [-0.4, -0.2) is 35.2 Å². The zero-order chi connectivity index (χ0) is 22.1. The topological polar surface area (TPSA) is 62.1 Å². The smallest absolute Gasteiger partial charge is 0.387 e. The van der Waals surface area contributed by atoms with E-state index in [0.29, 0.717) is 28.3 Å². The van der Waals surface area contributed by atoms with E-state index in [4.69, 9.17) is 25.8 Å². The lowest BCUT2D eigenvalue weighted by molar-refractivity contribution is -0.150. The lowest BCUT2D eigenvalue weighted by atomic mass is 9.95. The average Bonchev–Trinajstić information content (AvgIpc) is 3.25. The van der Waals surface area contributed by atoms with Crippen LogP contribution in [0.3, 0.4) is 0 Å². The minimum Gasteiger partial charge on any atom is -0.464 e. The monoisotopic (exact) mass is 514 g/mol. The van der Waals surface area contributed by atoms with Gasteiger partial charge in [-0.25, -0.2) is 9.78 Å². The number of hydrogen-bond acceptors (Lipinski definition) is 5. The van der Waals surface area contributed by atoms with Crippen LogP contribution in [0.25, 0.3) is 5.65 Å². The summed E-state index contributed by atoms with van der Waals surface area (Å²) in [4.78, 5) is 16.5. The highest BCUT2D eigenvalue weighted by Gasteiger charge is 2.39. The van der Waals surface area contributed by atoms with Crippen molar-refractivity contribution in [1.29, 1.82) is 0 Å². The molecule has 1 aliphatic carbocycles. The second-order valence-corrected chi connectivity index (χ2v) is 8.26. The summed E-state index contributed by atoms with van der Waals surface area (Å²) in [5.41, 5.74) is 2.57. The van der Waals surface area contributed by atoms with Gasteiger partial charge in [0, 0.05) is 27.2 Å². The van der Waals surface area contributed by atoms with E-state index in [1.54, 1.807) is 13.0 Å². The number of carbonyl (C=O) groups is 1. The van der Waals surface area contributed by atoms with Crippen molar-refractivity contribution in [3.8, 4) is 5.75 Å². The van der Waals surface area contributed by atoms with Crippen LogP contribution in [0.2, 0.25) is 5.02 Å². The highest BCUT2D eigenvalue weighted by atomic mass is 79.9. The van der Waals surface area contributed by atoms with Crippen molar-refractivity contribution in [2.45, 2.75) is 32.0 Å². The van der Waals surface area contributed by atoms with Gasteiger partial charge in [-0.2, -0.15) is 8.78 Å². The summed E-state index contributed by atoms with van der Waals surface area (Å²) in [6.45, 7) is -1.25. The van der Waals surface area contributed by atoms with Gasteiger partial charge in [-0.05, 0) is 59.6 Å². The minimum atomic E-state index is -2.98. The number of fused-ring (bicyclic) bond motifs is 3. The van der Waals surface area contributed by atoms with E-state index in [1.165, 1.54) is 12.1 Å². The fourth-order valence-electron chi connectivity index (χ4n) is 3.86. The maximum atomic E-state index is 13.0. The molecule has 2 atom stereocenters. The molecule has 0 radical (unpaired) electrons. The molecule has 0 aliphatic heterocycles. The van der Waals surface area contributed by atoms with Gasteiger partial charge in [0.25, 0.3) is 0 Å². The van der Waals surface area contributed by atoms with Crippen molar-refractivity contribution in [2.75, 3.05) is 13.2 Å². The fraction of sp³-hybridized carbons (Fsp3) is 0.333. The van der Waals surface area contributed by atoms with Gasteiger partial charge >= 0.3 is 12.6 Å². The van der Waals surface area contributed by atoms with Gasteiger partial charge < -0.3 is 18.6 Å². The number of imidazole rings is 1. The number of nitrogens with zero attached hydrogens (tertiary/aromatic N) is 2. The average molecular weight is 516 g/mol. The lowest BCUT2D eigenvalue weighted by Gasteiger charge is -2.18. The van der Waals surface area contributed by atoms with Crippen molar-refractivity contribution in [1.82, 2.24) is 9.38 Å². The molecule has 2 aromatic heterocycles. The van der Waals surface area contributed by atoms with Gasteiger partial charge in [0.1, 0.15) is 24.1 Å². The number of ether oxygens (including phenoxy) is 3. The van der Waals surface area contributed by atoms with Crippen LogP contribution >= 0.6 is 27.5 Å². The number of aromatic nitrogens is 2. The van der Waals surface area contributed by atoms with E-state index in [-0.39, 0.29) is 24.9 Å². The Morgan fingerprint density at radius 1 is 1.35 bits per heavy atom. The van der Waals surface area contributed by atoms with Crippen molar-refractivity contribution >= 4 is 39.1 Å².